The summed E-state index contributed by atoms with van der Waals surface area (Å²) in [5.74, 6) is -0.667. The normalized spacial score (nSPS) is 11.5. The second kappa shape index (κ2) is 8.47. The van der Waals surface area contributed by atoms with Gasteiger partial charge in [-0.1, -0.05) is 13.8 Å². The third-order valence-corrected chi connectivity index (χ3v) is 3.94. The van der Waals surface area contributed by atoms with Gasteiger partial charge in [0.05, 0.1) is 5.75 Å². The number of rotatable bonds is 9. The minimum atomic E-state index is -3.30. The largest absolute Gasteiger partial charge is 0.342 e. The van der Waals surface area contributed by atoms with Gasteiger partial charge in [-0.25, -0.2) is 8.42 Å². The first-order valence-electron chi connectivity index (χ1n) is 6.15. The van der Waals surface area contributed by atoms with Gasteiger partial charge in [-0.2, -0.15) is 0 Å². The van der Waals surface area contributed by atoms with E-state index in [0.29, 0.717) is 26.1 Å². The Labute approximate surface area is 104 Å². The molecule has 0 aliphatic carbocycles. The number of nitrogens with zero attached hydrogens (tertiary/aromatic N) is 1. The molecule has 0 aromatic carbocycles. The van der Waals surface area contributed by atoms with Crippen molar-refractivity contribution in [2.75, 3.05) is 31.1 Å². The van der Waals surface area contributed by atoms with Crippen LogP contribution < -0.4 is 5.73 Å². The van der Waals surface area contributed by atoms with E-state index >= 15 is 0 Å². The number of hydrogen-bond acceptors (Lipinski definition) is 4. The Kier molecular flexibility index (Phi) is 8.16. The van der Waals surface area contributed by atoms with Crippen LogP contribution in [-0.4, -0.2) is 50.4 Å². The molecule has 0 aliphatic rings. The molecule has 2 N–H and O–H groups in total. The molecule has 0 saturated carbocycles. The third kappa shape index (κ3) is 7.33. The van der Waals surface area contributed by atoms with Gasteiger partial charge >= 0.3 is 0 Å². The van der Waals surface area contributed by atoms with Crippen molar-refractivity contribution in [1.82, 2.24) is 4.90 Å². The average Bonchev–Trinajstić information content (AvgIpc) is 2.25. The summed E-state index contributed by atoms with van der Waals surface area (Å²) < 4.78 is 23.2. The Morgan fingerprint density at radius 1 is 1.18 bits per heavy atom. The fourth-order valence-electron chi connectivity index (χ4n) is 1.56. The number of nitrogens with two attached hydrogens (primary N) is 1. The lowest BCUT2D eigenvalue weighted by Crippen LogP contribution is -2.37. The highest BCUT2D eigenvalue weighted by Crippen LogP contribution is 2.00. The standard InChI is InChI=1S/C11H24N2O3S/c1-3-7-13(8-4-2)11(14)10-17(15,16)9-5-6-12/h3-10,12H2,1-2H3. The van der Waals surface area contributed by atoms with Crippen LogP contribution in [0.3, 0.4) is 0 Å². The highest BCUT2D eigenvalue weighted by molar-refractivity contribution is 7.92. The Morgan fingerprint density at radius 3 is 2.12 bits per heavy atom. The monoisotopic (exact) mass is 264 g/mol. The fourth-order valence-corrected chi connectivity index (χ4v) is 2.87. The van der Waals surface area contributed by atoms with Gasteiger partial charge in [0, 0.05) is 13.1 Å². The van der Waals surface area contributed by atoms with E-state index < -0.39 is 9.84 Å². The van der Waals surface area contributed by atoms with Crippen LogP contribution in [0.2, 0.25) is 0 Å². The van der Waals surface area contributed by atoms with E-state index in [1.807, 2.05) is 13.8 Å². The van der Waals surface area contributed by atoms with E-state index in [1.165, 1.54) is 0 Å². The van der Waals surface area contributed by atoms with Gasteiger partial charge in [-0.05, 0) is 25.8 Å². The first kappa shape index (κ1) is 16.4. The van der Waals surface area contributed by atoms with Crippen molar-refractivity contribution in [1.29, 1.82) is 0 Å². The van der Waals surface area contributed by atoms with E-state index in [4.69, 9.17) is 5.73 Å². The van der Waals surface area contributed by atoms with E-state index in [-0.39, 0.29) is 17.4 Å². The summed E-state index contributed by atoms with van der Waals surface area (Å²) in [5, 5.41) is 0. The quantitative estimate of drug-likeness (QED) is 0.653. The summed E-state index contributed by atoms with van der Waals surface area (Å²) in [6.07, 6.45) is 2.10. The van der Waals surface area contributed by atoms with Crippen LogP contribution in [0, 0.1) is 0 Å². The van der Waals surface area contributed by atoms with E-state index in [2.05, 4.69) is 0 Å². The molecule has 6 heteroatoms. The average molecular weight is 264 g/mol. The Hall–Kier alpha value is -0.620. The number of amides is 1. The zero-order valence-electron chi connectivity index (χ0n) is 10.8. The lowest BCUT2D eigenvalue weighted by atomic mass is 10.3. The van der Waals surface area contributed by atoms with Crippen molar-refractivity contribution in [3.8, 4) is 0 Å². The van der Waals surface area contributed by atoms with Crippen molar-refractivity contribution in [3.63, 3.8) is 0 Å². The van der Waals surface area contributed by atoms with Crippen LogP contribution in [0.25, 0.3) is 0 Å². The molecule has 0 fully saturated rings. The molecule has 0 unspecified atom stereocenters. The maximum Gasteiger partial charge on any atom is 0.237 e. The highest BCUT2D eigenvalue weighted by atomic mass is 32.2. The zero-order chi connectivity index (χ0) is 13.3. The van der Waals surface area contributed by atoms with Crippen LogP contribution in [-0.2, 0) is 14.6 Å². The topological polar surface area (TPSA) is 80.5 Å². The molecular weight excluding hydrogens is 240 g/mol. The summed E-state index contributed by atoms with van der Waals surface area (Å²) >= 11 is 0. The van der Waals surface area contributed by atoms with Gasteiger partial charge in [0.1, 0.15) is 5.75 Å². The first-order chi connectivity index (χ1) is 7.96. The Balaban J connectivity index is 4.37. The maximum atomic E-state index is 11.8. The van der Waals surface area contributed by atoms with Gasteiger partial charge < -0.3 is 10.6 Å². The smallest absolute Gasteiger partial charge is 0.237 e. The summed E-state index contributed by atoms with van der Waals surface area (Å²) in [7, 11) is -3.30. The molecule has 0 saturated heterocycles. The lowest BCUT2D eigenvalue weighted by molar-refractivity contribution is -0.128. The number of hydrogen-bond donors (Lipinski definition) is 1. The molecule has 5 nitrogen and oxygen atoms in total. The van der Waals surface area contributed by atoms with Gasteiger partial charge in [0.25, 0.3) is 0 Å². The molecule has 17 heavy (non-hydrogen) atoms. The molecular formula is C11H24N2O3S. The maximum absolute atomic E-state index is 11.8. The zero-order valence-corrected chi connectivity index (χ0v) is 11.6. The molecule has 0 rings (SSSR count). The summed E-state index contributed by atoms with van der Waals surface area (Å²) in [6.45, 7) is 5.52. The lowest BCUT2D eigenvalue weighted by Gasteiger charge is -2.21. The molecule has 0 heterocycles. The van der Waals surface area contributed by atoms with Crippen molar-refractivity contribution in [3.05, 3.63) is 0 Å². The summed E-state index contributed by atoms with van der Waals surface area (Å²) in [6, 6.07) is 0. The van der Waals surface area contributed by atoms with Gasteiger partial charge in [-0.15, -0.1) is 0 Å². The van der Waals surface area contributed by atoms with Gasteiger partial charge in [-0.3, -0.25) is 4.79 Å². The van der Waals surface area contributed by atoms with Crippen LogP contribution in [0.5, 0.6) is 0 Å². The molecule has 102 valence electrons. The van der Waals surface area contributed by atoms with E-state index in [0.717, 1.165) is 12.8 Å². The number of sulfone groups is 1. The van der Waals surface area contributed by atoms with Crippen LogP contribution >= 0.6 is 0 Å². The molecule has 0 spiro atoms. The Morgan fingerprint density at radius 2 is 1.71 bits per heavy atom. The van der Waals surface area contributed by atoms with Crippen LogP contribution in [0.15, 0.2) is 0 Å². The second-order valence-corrected chi connectivity index (χ2v) is 6.30. The SMILES string of the molecule is CCCN(CCC)C(=O)CS(=O)(=O)CCCN. The second-order valence-electron chi connectivity index (χ2n) is 4.12. The van der Waals surface area contributed by atoms with Crippen molar-refractivity contribution in [2.24, 2.45) is 5.73 Å². The summed E-state index contributed by atoms with van der Waals surface area (Å²) in [5.41, 5.74) is 5.26. The number of carbonyl (C=O) groups excluding carboxylic acids is 1. The third-order valence-electron chi connectivity index (χ3n) is 2.34. The fraction of sp³-hybridized carbons (Fsp3) is 0.909. The first-order valence-corrected chi connectivity index (χ1v) is 7.97. The summed E-state index contributed by atoms with van der Waals surface area (Å²) in [4.78, 5) is 13.4. The minimum absolute atomic E-state index is 0.00132. The predicted octanol–water partition coefficient (Wildman–Crippen LogP) is 0.399. The molecule has 0 bridgehead atoms. The van der Waals surface area contributed by atoms with Crippen LogP contribution in [0.1, 0.15) is 33.1 Å². The predicted molar refractivity (Wildman–Crippen MR) is 69.5 cm³/mol. The minimum Gasteiger partial charge on any atom is -0.342 e. The van der Waals surface area contributed by atoms with Crippen LogP contribution in [0.4, 0.5) is 0 Å². The molecule has 0 aromatic rings. The van der Waals surface area contributed by atoms with Gasteiger partial charge in [0.2, 0.25) is 5.91 Å². The highest BCUT2D eigenvalue weighted by Gasteiger charge is 2.20. The molecule has 0 atom stereocenters. The van der Waals surface area contributed by atoms with Gasteiger partial charge in [0.15, 0.2) is 9.84 Å². The number of carbonyl (C=O) groups is 1. The van der Waals surface area contributed by atoms with Crippen molar-refractivity contribution >= 4 is 15.7 Å². The van der Waals surface area contributed by atoms with E-state index in [9.17, 15) is 13.2 Å². The molecule has 0 aromatic heterocycles. The molecule has 1 amide bonds. The van der Waals surface area contributed by atoms with E-state index in [1.54, 1.807) is 4.90 Å². The van der Waals surface area contributed by atoms with Crippen molar-refractivity contribution in [2.45, 2.75) is 33.1 Å². The molecule has 0 radical (unpaired) electrons. The molecule has 0 aliphatic heterocycles. The van der Waals surface area contributed by atoms with Crippen molar-refractivity contribution < 1.29 is 13.2 Å². The Bertz CT molecular complexity index is 309.